The predicted molar refractivity (Wildman–Crippen MR) is 61.8 cm³/mol. The zero-order valence-electron chi connectivity index (χ0n) is 9.33. The zero-order chi connectivity index (χ0) is 10.6. The normalized spacial score (nSPS) is 11.9. The molecule has 0 unspecified atom stereocenters. The van der Waals surface area contributed by atoms with Gasteiger partial charge in [-0.05, 0) is 18.4 Å². The topological polar surface area (TPSA) is 24.4 Å². The number of rotatable bonds is 3. The van der Waals surface area contributed by atoms with Gasteiger partial charge in [0.25, 0.3) is 0 Å². The second kappa shape index (κ2) is 4.80. The number of nitrogens with zero attached hydrogens (tertiary/aromatic N) is 1. The maximum Gasteiger partial charge on any atom is 0.0647 e. The molecule has 0 aliphatic heterocycles. The van der Waals surface area contributed by atoms with Crippen LogP contribution in [-0.2, 0) is 0 Å². The minimum atomic E-state index is 0.535. The fourth-order valence-electron chi connectivity index (χ4n) is 1.56. The summed E-state index contributed by atoms with van der Waals surface area (Å²) in [6.45, 7) is 6.43. The van der Waals surface area contributed by atoms with Gasteiger partial charge in [0.15, 0.2) is 0 Å². The van der Waals surface area contributed by atoms with Crippen molar-refractivity contribution in [2.24, 2.45) is 5.10 Å². The zero-order valence-corrected chi connectivity index (χ0v) is 9.33. The van der Waals surface area contributed by atoms with Gasteiger partial charge in [-0.1, -0.05) is 38.1 Å². The van der Waals surface area contributed by atoms with Crippen molar-refractivity contribution in [3.63, 3.8) is 0 Å². The summed E-state index contributed by atoms with van der Waals surface area (Å²) in [5.74, 6) is 0.535. The molecule has 0 aromatic heterocycles. The van der Waals surface area contributed by atoms with Gasteiger partial charge in [0.05, 0.1) is 5.71 Å². The number of hydrazone groups is 1. The lowest BCUT2D eigenvalue weighted by molar-refractivity contribution is 0.859. The van der Waals surface area contributed by atoms with E-state index in [0.29, 0.717) is 5.92 Å². The molecule has 0 atom stereocenters. The molecule has 2 heteroatoms. The van der Waals surface area contributed by atoms with Gasteiger partial charge in [0.1, 0.15) is 0 Å². The number of hydrogen-bond acceptors (Lipinski definition) is 2. The standard InChI is InChI=1S/C12H18N2/c1-9(2)11-7-5-6-8-12(11)10(3)14-13-4/h5-9,13H,1-4H3/b14-10-. The van der Waals surface area contributed by atoms with Crippen LogP contribution in [0.4, 0.5) is 0 Å². The maximum absolute atomic E-state index is 4.20. The summed E-state index contributed by atoms with van der Waals surface area (Å²) in [4.78, 5) is 0. The van der Waals surface area contributed by atoms with Crippen LogP contribution in [0.25, 0.3) is 0 Å². The second-order valence-electron chi connectivity index (χ2n) is 3.66. The smallest absolute Gasteiger partial charge is 0.0647 e. The molecule has 0 spiro atoms. The van der Waals surface area contributed by atoms with E-state index in [4.69, 9.17) is 0 Å². The van der Waals surface area contributed by atoms with Crippen LogP contribution in [0.5, 0.6) is 0 Å². The van der Waals surface area contributed by atoms with Crippen LogP contribution in [-0.4, -0.2) is 12.8 Å². The lowest BCUT2D eigenvalue weighted by atomic mass is 9.95. The number of hydrogen-bond donors (Lipinski definition) is 1. The van der Waals surface area contributed by atoms with Gasteiger partial charge in [-0.25, -0.2) is 0 Å². The molecule has 0 bridgehead atoms. The molecular weight excluding hydrogens is 172 g/mol. The van der Waals surface area contributed by atoms with E-state index in [1.807, 2.05) is 14.0 Å². The number of nitrogens with one attached hydrogen (secondary N) is 1. The van der Waals surface area contributed by atoms with E-state index < -0.39 is 0 Å². The van der Waals surface area contributed by atoms with Crippen LogP contribution in [0, 0.1) is 0 Å². The van der Waals surface area contributed by atoms with E-state index in [1.54, 1.807) is 0 Å². The van der Waals surface area contributed by atoms with Gasteiger partial charge >= 0.3 is 0 Å². The second-order valence-corrected chi connectivity index (χ2v) is 3.66. The Hall–Kier alpha value is -1.31. The molecule has 2 nitrogen and oxygen atoms in total. The average Bonchev–Trinajstić information content (AvgIpc) is 2.18. The van der Waals surface area contributed by atoms with Crippen LogP contribution in [0.1, 0.15) is 37.8 Å². The maximum atomic E-state index is 4.20. The van der Waals surface area contributed by atoms with E-state index in [9.17, 15) is 0 Å². The third-order valence-electron chi connectivity index (χ3n) is 2.25. The van der Waals surface area contributed by atoms with Gasteiger partial charge in [-0.2, -0.15) is 5.10 Å². The lowest BCUT2D eigenvalue weighted by Gasteiger charge is -2.11. The summed E-state index contributed by atoms with van der Waals surface area (Å²) in [6, 6.07) is 8.40. The van der Waals surface area contributed by atoms with Crippen LogP contribution in [0.15, 0.2) is 29.4 Å². The minimum Gasteiger partial charge on any atom is -0.313 e. The summed E-state index contributed by atoms with van der Waals surface area (Å²) < 4.78 is 0. The molecule has 76 valence electrons. The Labute approximate surface area is 86.0 Å². The van der Waals surface area contributed by atoms with Crippen LogP contribution in [0.2, 0.25) is 0 Å². The van der Waals surface area contributed by atoms with Crippen LogP contribution >= 0.6 is 0 Å². The van der Waals surface area contributed by atoms with Crippen LogP contribution in [0.3, 0.4) is 0 Å². The average molecular weight is 190 g/mol. The van der Waals surface area contributed by atoms with Crippen molar-refractivity contribution in [3.8, 4) is 0 Å². The van der Waals surface area contributed by atoms with Gasteiger partial charge in [0, 0.05) is 12.6 Å². The molecule has 1 aromatic carbocycles. The lowest BCUT2D eigenvalue weighted by Crippen LogP contribution is -2.06. The highest BCUT2D eigenvalue weighted by atomic mass is 15.3. The van der Waals surface area contributed by atoms with Crippen molar-refractivity contribution < 1.29 is 0 Å². The SMILES string of the molecule is CN/N=C(/C)c1ccccc1C(C)C. The quantitative estimate of drug-likeness (QED) is 0.575. The van der Waals surface area contributed by atoms with E-state index >= 15 is 0 Å². The summed E-state index contributed by atoms with van der Waals surface area (Å²) in [5.41, 5.74) is 6.44. The fourth-order valence-corrected chi connectivity index (χ4v) is 1.56. The van der Waals surface area contributed by atoms with Crippen molar-refractivity contribution in [2.75, 3.05) is 7.05 Å². The van der Waals surface area contributed by atoms with Crippen molar-refractivity contribution in [1.82, 2.24) is 5.43 Å². The van der Waals surface area contributed by atoms with Gasteiger partial charge in [0.2, 0.25) is 0 Å². The Morgan fingerprint density at radius 2 is 1.93 bits per heavy atom. The Balaban J connectivity index is 3.13. The van der Waals surface area contributed by atoms with Crippen molar-refractivity contribution in [3.05, 3.63) is 35.4 Å². The molecule has 1 aromatic rings. The third kappa shape index (κ3) is 2.34. The molecule has 0 aliphatic rings. The monoisotopic (exact) mass is 190 g/mol. The first-order valence-electron chi connectivity index (χ1n) is 4.97. The van der Waals surface area contributed by atoms with Crippen molar-refractivity contribution >= 4 is 5.71 Å². The predicted octanol–water partition coefficient (Wildman–Crippen LogP) is 2.75. The largest absolute Gasteiger partial charge is 0.313 e. The summed E-state index contributed by atoms with van der Waals surface area (Å²) in [5, 5.41) is 4.20. The molecule has 14 heavy (non-hydrogen) atoms. The molecule has 0 saturated heterocycles. The number of benzene rings is 1. The molecule has 0 fully saturated rings. The van der Waals surface area contributed by atoms with Gasteiger partial charge in [-0.15, -0.1) is 0 Å². The fraction of sp³-hybridized carbons (Fsp3) is 0.417. The Morgan fingerprint density at radius 3 is 2.50 bits per heavy atom. The highest BCUT2D eigenvalue weighted by Crippen LogP contribution is 2.19. The first-order valence-corrected chi connectivity index (χ1v) is 4.97. The summed E-state index contributed by atoms with van der Waals surface area (Å²) in [7, 11) is 1.82. The van der Waals surface area contributed by atoms with E-state index in [1.165, 1.54) is 11.1 Å². The van der Waals surface area contributed by atoms with E-state index in [-0.39, 0.29) is 0 Å². The van der Waals surface area contributed by atoms with E-state index in [0.717, 1.165) is 5.71 Å². The molecule has 0 radical (unpaired) electrons. The molecule has 0 aliphatic carbocycles. The van der Waals surface area contributed by atoms with Gasteiger partial charge in [-0.3, -0.25) is 0 Å². The van der Waals surface area contributed by atoms with Crippen LogP contribution < -0.4 is 5.43 Å². The molecule has 1 rings (SSSR count). The molecule has 0 heterocycles. The molecule has 0 amide bonds. The molecule has 1 N–H and O–H groups in total. The Kier molecular flexibility index (Phi) is 3.69. The highest BCUT2D eigenvalue weighted by Gasteiger charge is 2.07. The summed E-state index contributed by atoms with van der Waals surface area (Å²) in [6.07, 6.45) is 0. The first-order chi connectivity index (χ1) is 6.66. The van der Waals surface area contributed by atoms with Crippen molar-refractivity contribution in [2.45, 2.75) is 26.7 Å². The Bertz CT molecular complexity index is 327. The molecule has 0 saturated carbocycles. The first kappa shape index (κ1) is 10.8. The van der Waals surface area contributed by atoms with Crippen molar-refractivity contribution in [1.29, 1.82) is 0 Å². The third-order valence-corrected chi connectivity index (χ3v) is 2.25. The summed E-state index contributed by atoms with van der Waals surface area (Å²) >= 11 is 0. The van der Waals surface area contributed by atoms with Gasteiger partial charge < -0.3 is 5.43 Å². The molecular formula is C12H18N2. The Morgan fingerprint density at radius 1 is 1.29 bits per heavy atom. The minimum absolute atomic E-state index is 0.535. The highest BCUT2D eigenvalue weighted by molar-refractivity contribution is 5.99. The van der Waals surface area contributed by atoms with E-state index in [2.05, 4.69) is 48.6 Å².